The van der Waals surface area contributed by atoms with Crippen LogP contribution in [0.2, 0.25) is 5.15 Å². The average molecular weight is 184 g/mol. The molecular formula is C7H6ClN3O. The highest BCUT2D eigenvalue weighted by Crippen LogP contribution is 2.17. The van der Waals surface area contributed by atoms with Crippen molar-refractivity contribution in [2.45, 2.75) is 6.54 Å². The zero-order valence-corrected chi connectivity index (χ0v) is 6.88. The van der Waals surface area contributed by atoms with Crippen molar-refractivity contribution in [2.24, 2.45) is 5.73 Å². The molecule has 0 saturated carbocycles. The number of halogens is 1. The van der Waals surface area contributed by atoms with E-state index in [1.807, 2.05) is 0 Å². The second kappa shape index (κ2) is 2.73. The first-order valence-electron chi connectivity index (χ1n) is 3.42. The third-order valence-electron chi connectivity index (χ3n) is 1.57. The van der Waals surface area contributed by atoms with Gasteiger partial charge in [-0.25, -0.2) is 4.98 Å². The highest BCUT2D eigenvalue weighted by Gasteiger charge is 2.06. The third-order valence-corrected chi connectivity index (χ3v) is 1.78. The van der Waals surface area contributed by atoms with Crippen molar-refractivity contribution in [2.75, 3.05) is 0 Å². The van der Waals surface area contributed by atoms with E-state index in [0.29, 0.717) is 23.1 Å². The SMILES string of the molecule is NCc1onc2nc(Cl)ccc12. The van der Waals surface area contributed by atoms with Gasteiger partial charge >= 0.3 is 0 Å². The zero-order chi connectivity index (χ0) is 8.55. The van der Waals surface area contributed by atoms with Gasteiger partial charge in [0.15, 0.2) is 5.76 Å². The van der Waals surface area contributed by atoms with Crippen LogP contribution in [0.15, 0.2) is 16.7 Å². The first kappa shape index (κ1) is 7.52. The molecule has 62 valence electrons. The van der Waals surface area contributed by atoms with Crippen molar-refractivity contribution < 1.29 is 4.52 Å². The molecule has 0 radical (unpaired) electrons. The summed E-state index contributed by atoms with van der Waals surface area (Å²) in [6.07, 6.45) is 0. The van der Waals surface area contributed by atoms with E-state index in [9.17, 15) is 0 Å². The number of nitrogens with two attached hydrogens (primary N) is 1. The Hall–Kier alpha value is -1.13. The molecule has 2 aromatic rings. The van der Waals surface area contributed by atoms with Gasteiger partial charge < -0.3 is 10.3 Å². The Balaban J connectivity index is 2.73. The second-order valence-corrected chi connectivity index (χ2v) is 2.70. The molecule has 0 fully saturated rings. The number of fused-ring (bicyclic) bond motifs is 1. The fourth-order valence-corrected chi connectivity index (χ4v) is 1.15. The molecule has 0 spiro atoms. The smallest absolute Gasteiger partial charge is 0.204 e. The molecule has 0 bridgehead atoms. The van der Waals surface area contributed by atoms with E-state index in [2.05, 4.69) is 10.1 Å². The number of pyridine rings is 1. The van der Waals surface area contributed by atoms with Gasteiger partial charge in [-0.2, -0.15) is 0 Å². The summed E-state index contributed by atoms with van der Waals surface area (Å²) in [4.78, 5) is 3.95. The lowest BCUT2D eigenvalue weighted by Crippen LogP contribution is -1.93. The molecule has 5 heteroatoms. The number of hydrogen-bond acceptors (Lipinski definition) is 4. The second-order valence-electron chi connectivity index (χ2n) is 2.32. The normalized spacial score (nSPS) is 10.8. The molecule has 0 aliphatic rings. The molecule has 0 aliphatic carbocycles. The Labute approximate surface area is 73.3 Å². The van der Waals surface area contributed by atoms with Crippen molar-refractivity contribution >= 4 is 22.6 Å². The van der Waals surface area contributed by atoms with Crippen LogP contribution in [0, 0.1) is 0 Å². The Morgan fingerprint density at radius 3 is 3.08 bits per heavy atom. The first-order chi connectivity index (χ1) is 5.81. The molecule has 2 aromatic heterocycles. The van der Waals surface area contributed by atoms with Crippen LogP contribution < -0.4 is 5.73 Å². The highest BCUT2D eigenvalue weighted by molar-refractivity contribution is 6.29. The number of hydrogen-bond donors (Lipinski definition) is 1. The van der Waals surface area contributed by atoms with Crippen LogP contribution >= 0.6 is 11.6 Å². The van der Waals surface area contributed by atoms with Crippen LogP contribution in [0.25, 0.3) is 11.0 Å². The van der Waals surface area contributed by atoms with Crippen molar-refractivity contribution in [3.8, 4) is 0 Å². The number of nitrogens with zero attached hydrogens (tertiary/aromatic N) is 2. The molecule has 0 atom stereocenters. The molecule has 0 unspecified atom stereocenters. The van der Waals surface area contributed by atoms with Crippen molar-refractivity contribution in [3.63, 3.8) is 0 Å². The Morgan fingerprint density at radius 2 is 2.33 bits per heavy atom. The monoisotopic (exact) mass is 183 g/mol. The molecule has 2 rings (SSSR count). The lowest BCUT2D eigenvalue weighted by atomic mass is 10.3. The zero-order valence-electron chi connectivity index (χ0n) is 6.12. The summed E-state index contributed by atoms with van der Waals surface area (Å²) in [5.41, 5.74) is 5.91. The fraction of sp³-hybridized carbons (Fsp3) is 0.143. The minimum Gasteiger partial charge on any atom is -0.357 e. The fourth-order valence-electron chi connectivity index (χ4n) is 1.01. The Bertz CT molecular complexity index is 412. The molecule has 0 amide bonds. The van der Waals surface area contributed by atoms with Gasteiger partial charge in [-0.15, -0.1) is 0 Å². The lowest BCUT2D eigenvalue weighted by Gasteiger charge is -1.88. The van der Waals surface area contributed by atoms with E-state index in [0.717, 1.165) is 5.39 Å². The summed E-state index contributed by atoms with van der Waals surface area (Å²) in [7, 11) is 0. The van der Waals surface area contributed by atoms with Gasteiger partial charge in [-0.1, -0.05) is 16.8 Å². The Kier molecular flexibility index (Phi) is 1.71. The molecule has 0 aliphatic heterocycles. The summed E-state index contributed by atoms with van der Waals surface area (Å²) in [6.45, 7) is 0.319. The van der Waals surface area contributed by atoms with E-state index >= 15 is 0 Å². The predicted octanol–water partition coefficient (Wildman–Crippen LogP) is 1.33. The maximum atomic E-state index is 5.65. The van der Waals surface area contributed by atoms with Crippen LogP contribution in [0.3, 0.4) is 0 Å². The first-order valence-corrected chi connectivity index (χ1v) is 3.80. The van der Waals surface area contributed by atoms with Gasteiger partial charge in [0.2, 0.25) is 5.65 Å². The van der Waals surface area contributed by atoms with Crippen molar-refractivity contribution in [1.29, 1.82) is 0 Å². The quantitative estimate of drug-likeness (QED) is 0.678. The molecule has 2 N–H and O–H groups in total. The maximum absolute atomic E-state index is 5.65. The van der Waals surface area contributed by atoms with E-state index in [1.54, 1.807) is 12.1 Å². The minimum absolute atomic E-state index is 0.319. The largest absolute Gasteiger partial charge is 0.357 e. The van der Waals surface area contributed by atoms with Crippen molar-refractivity contribution in [1.82, 2.24) is 10.1 Å². The highest BCUT2D eigenvalue weighted by atomic mass is 35.5. The number of rotatable bonds is 1. The lowest BCUT2D eigenvalue weighted by molar-refractivity contribution is 0.391. The van der Waals surface area contributed by atoms with Gasteiger partial charge in [0.05, 0.1) is 11.9 Å². The predicted molar refractivity (Wildman–Crippen MR) is 44.7 cm³/mol. The molecule has 2 heterocycles. The van der Waals surface area contributed by atoms with E-state index in [-0.39, 0.29) is 0 Å². The van der Waals surface area contributed by atoms with Gasteiger partial charge in [-0.05, 0) is 12.1 Å². The van der Waals surface area contributed by atoms with Gasteiger partial charge in [0.25, 0.3) is 0 Å². The number of aromatic nitrogens is 2. The summed E-state index contributed by atoms with van der Waals surface area (Å²) in [6, 6.07) is 3.48. The van der Waals surface area contributed by atoms with Gasteiger partial charge in [-0.3, -0.25) is 0 Å². The summed E-state index contributed by atoms with van der Waals surface area (Å²) < 4.78 is 4.92. The summed E-state index contributed by atoms with van der Waals surface area (Å²) in [5, 5.41) is 4.92. The van der Waals surface area contributed by atoms with Crippen LogP contribution in [-0.2, 0) is 6.54 Å². The topological polar surface area (TPSA) is 64.9 Å². The molecule has 0 aromatic carbocycles. The van der Waals surface area contributed by atoms with Crippen LogP contribution in [0.4, 0.5) is 0 Å². The van der Waals surface area contributed by atoms with E-state index in [4.69, 9.17) is 21.9 Å². The van der Waals surface area contributed by atoms with Crippen LogP contribution in [0.1, 0.15) is 5.76 Å². The van der Waals surface area contributed by atoms with Crippen LogP contribution in [-0.4, -0.2) is 10.1 Å². The Morgan fingerprint density at radius 1 is 1.50 bits per heavy atom. The van der Waals surface area contributed by atoms with E-state index < -0.39 is 0 Å². The standard InChI is InChI=1S/C7H6ClN3O/c8-6-2-1-4-5(3-9)12-11-7(4)10-6/h1-2H,3,9H2. The molecule has 12 heavy (non-hydrogen) atoms. The van der Waals surface area contributed by atoms with Gasteiger partial charge in [0, 0.05) is 0 Å². The van der Waals surface area contributed by atoms with Crippen LogP contribution in [0.5, 0.6) is 0 Å². The molecule has 4 nitrogen and oxygen atoms in total. The minimum atomic E-state index is 0.319. The average Bonchev–Trinajstić information content (AvgIpc) is 2.46. The third kappa shape index (κ3) is 1.05. The van der Waals surface area contributed by atoms with E-state index in [1.165, 1.54) is 0 Å². The molecular weight excluding hydrogens is 178 g/mol. The van der Waals surface area contributed by atoms with Crippen molar-refractivity contribution in [3.05, 3.63) is 23.0 Å². The molecule has 0 saturated heterocycles. The van der Waals surface area contributed by atoms with Gasteiger partial charge in [0.1, 0.15) is 5.15 Å². The maximum Gasteiger partial charge on any atom is 0.204 e. The summed E-state index contributed by atoms with van der Waals surface area (Å²) in [5.74, 6) is 0.633. The summed E-state index contributed by atoms with van der Waals surface area (Å²) >= 11 is 5.65.